The molecule has 1 fully saturated rings. The molecule has 1 aliphatic heterocycles. The van der Waals surface area contributed by atoms with Gasteiger partial charge in [-0.15, -0.1) is 0 Å². The van der Waals surface area contributed by atoms with Gasteiger partial charge in [0.1, 0.15) is 6.61 Å². The standard InChI is InChI=1S/C26H25NO4S/c1-4-17(2)27-25(28)24(32-26(27)29)15-18-10-12-22(23(14-18)30-3)31-16-19-9-11-20-7-5-6-8-21(20)13-19/h5-15,17H,4,16H2,1-3H3/b24-15+/t17-/m0/s1. The number of methoxy groups -OCH3 is 1. The van der Waals surface area contributed by atoms with E-state index in [1.807, 2.05) is 44.2 Å². The van der Waals surface area contributed by atoms with Crippen LogP contribution in [-0.2, 0) is 11.4 Å². The molecule has 6 heteroatoms. The van der Waals surface area contributed by atoms with E-state index in [2.05, 4.69) is 30.3 Å². The van der Waals surface area contributed by atoms with E-state index < -0.39 is 0 Å². The van der Waals surface area contributed by atoms with Gasteiger partial charge in [-0.2, -0.15) is 0 Å². The zero-order chi connectivity index (χ0) is 22.7. The highest BCUT2D eigenvalue weighted by molar-refractivity contribution is 8.18. The molecule has 5 nitrogen and oxygen atoms in total. The van der Waals surface area contributed by atoms with Crippen LogP contribution in [0.5, 0.6) is 11.5 Å². The Morgan fingerprint density at radius 2 is 1.78 bits per heavy atom. The topological polar surface area (TPSA) is 55.8 Å². The number of nitrogens with zero attached hydrogens (tertiary/aromatic N) is 1. The Labute approximate surface area is 192 Å². The molecule has 0 aromatic heterocycles. The van der Waals surface area contributed by atoms with Gasteiger partial charge >= 0.3 is 0 Å². The van der Waals surface area contributed by atoms with Crippen molar-refractivity contribution in [2.45, 2.75) is 32.9 Å². The summed E-state index contributed by atoms with van der Waals surface area (Å²) < 4.78 is 11.5. The van der Waals surface area contributed by atoms with Crippen LogP contribution in [0.15, 0.2) is 65.6 Å². The second-order valence-electron chi connectivity index (χ2n) is 7.69. The summed E-state index contributed by atoms with van der Waals surface area (Å²) >= 11 is 0.973. The molecule has 0 unspecified atom stereocenters. The van der Waals surface area contributed by atoms with E-state index in [9.17, 15) is 9.59 Å². The van der Waals surface area contributed by atoms with Gasteiger partial charge in [-0.05, 0) is 71.3 Å². The molecule has 1 saturated heterocycles. The van der Waals surface area contributed by atoms with Gasteiger partial charge in [-0.3, -0.25) is 14.5 Å². The number of carbonyl (C=O) groups is 2. The van der Waals surface area contributed by atoms with Crippen molar-refractivity contribution in [3.63, 3.8) is 0 Å². The zero-order valence-corrected chi connectivity index (χ0v) is 19.1. The molecule has 3 aromatic carbocycles. The molecule has 0 radical (unpaired) electrons. The number of carbonyl (C=O) groups excluding carboxylic acids is 2. The van der Waals surface area contributed by atoms with Crippen LogP contribution in [0.2, 0.25) is 0 Å². The largest absolute Gasteiger partial charge is 0.493 e. The molecule has 4 rings (SSSR count). The van der Waals surface area contributed by atoms with Gasteiger partial charge in [-0.1, -0.05) is 49.4 Å². The van der Waals surface area contributed by atoms with Crippen molar-refractivity contribution in [2.75, 3.05) is 7.11 Å². The van der Waals surface area contributed by atoms with E-state index in [1.165, 1.54) is 15.7 Å². The van der Waals surface area contributed by atoms with Crippen molar-refractivity contribution < 1.29 is 19.1 Å². The Bertz CT molecular complexity index is 1200. The first-order valence-electron chi connectivity index (χ1n) is 10.6. The summed E-state index contributed by atoms with van der Waals surface area (Å²) in [4.78, 5) is 26.6. The summed E-state index contributed by atoms with van der Waals surface area (Å²) in [6.07, 6.45) is 2.45. The summed E-state index contributed by atoms with van der Waals surface area (Å²) in [6, 6.07) is 19.8. The van der Waals surface area contributed by atoms with E-state index in [-0.39, 0.29) is 17.2 Å². The summed E-state index contributed by atoms with van der Waals surface area (Å²) in [5.41, 5.74) is 1.84. The molecule has 32 heavy (non-hydrogen) atoms. The number of fused-ring (bicyclic) bond motifs is 1. The minimum atomic E-state index is -0.245. The van der Waals surface area contributed by atoms with E-state index in [0.29, 0.717) is 23.0 Å². The normalized spacial score (nSPS) is 16.1. The third kappa shape index (κ3) is 4.50. The molecule has 164 valence electrons. The van der Waals surface area contributed by atoms with Gasteiger partial charge in [0.2, 0.25) is 0 Å². The predicted octanol–water partition coefficient (Wildman–Crippen LogP) is 6.26. The predicted molar refractivity (Wildman–Crippen MR) is 129 cm³/mol. The molecule has 1 heterocycles. The first-order valence-corrected chi connectivity index (χ1v) is 11.4. The van der Waals surface area contributed by atoms with Crippen LogP contribution in [0.1, 0.15) is 31.4 Å². The van der Waals surface area contributed by atoms with E-state index in [1.54, 1.807) is 13.2 Å². The smallest absolute Gasteiger partial charge is 0.293 e. The summed E-state index contributed by atoms with van der Waals surface area (Å²) in [5, 5.41) is 2.14. The lowest BCUT2D eigenvalue weighted by Gasteiger charge is -2.19. The fourth-order valence-electron chi connectivity index (χ4n) is 3.58. The molecule has 1 atom stereocenters. The monoisotopic (exact) mass is 447 g/mol. The summed E-state index contributed by atoms with van der Waals surface area (Å²) in [5.74, 6) is 0.941. The maximum Gasteiger partial charge on any atom is 0.293 e. The number of hydrogen-bond acceptors (Lipinski definition) is 5. The van der Waals surface area contributed by atoms with Gasteiger partial charge < -0.3 is 9.47 Å². The average Bonchev–Trinajstić information content (AvgIpc) is 3.09. The van der Waals surface area contributed by atoms with Crippen LogP contribution in [0.4, 0.5) is 4.79 Å². The van der Waals surface area contributed by atoms with Crippen LogP contribution in [0.25, 0.3) is 16.8 Å². The highest BCUT2D eigenvalue weighted by atomic mass is 32.2. The highest BCUT2D eigenvalue weighted by Crippen LogP contribution is 2.36. The van der Waals surface area contributed by atoms with Crippen LogP contribution in [0, 0.1) is 0 Å². The van der Waals surface area contributed by atoms with Crippen molar-refractivity contribution in [2.24, 2.45) is 0 Å². The molecule has 0 aliphatic carbocycles. The Morgan fingerprint density at radius 3 is 2.53 bits per heavy atom. The third-order valence-corrected chi connectivity index (χ3v) is 6.43. The fraction of sp³-hybridized carbons (Fsp3) is 0.231. The molecule has 0 bridgehead atoms. The molecule has 0 N–H and O–H groups in total. The Balaban J connectivity index is 1.51. The number of benzene rings is 3. The quantitative estimate of drug-likeness (QED) is 0.400. The SMILES string of the molecule is CC[C@H](C)N1C(=O)S/C(=C/c2ccc(OCc3ccc4ccccc4c3)c(OC)c2)C1=O. The maximum atomic E-state index is 12.7. The van der Waals surface area contributed by atoms with Gasteiger partial charge in [0.25, 0.3) is 11.1 Å². The molecule has 0 spiro atoms. The van der Waals surface area contributed by atoms with Gasteiger partial charge in [-0.25, -0.2) is 0 Å². The van der Waals surface area contributed by atoms with Crippen molar-refractivity contribution in [3.8, 4) is 11.5 Å². The minimum Gasteiger partial charge on any atom is -0.493 e. The number of hydrogen-bond donors (Lipinski definition) is 0. The Hall–Kier alpha value is -3.25. The van der Waals surface area contributed by atoms with E-state index in [4.69, 9.17) is 9.47 Å². The second kappa shape index (κ2) is 9.49. The number of imide groups is 1. The zero-order valence-electron chi connectivity index (χ0n) is 18.3. The number of ether oxygens (including phenoxy) is 2. The summed E-state index contributed by atoms with van der Waals surface area (Å²) in [7, 11) is 1.58. The van der Waals surface area contributed by atoms with Crippen molar-refractivity contribution >= 4 is 39.8 Å². The maximum absolute atomic E-state index is 12.7. The molecule has 2 amide bonds. The fourth-order valence-corrected chi connectivity index (χ4v) is 4.51. The minimum absolute atomic E-state index is 0.117. The number of amides is 2. The van der Waals surface area contributed by atoms with E-state index >= 15 is 0 Å². The van der Waals surface area contributed by atoms with Crippen LogP contribution in [0.3, 0.4) is 0 Å². The molecule has 1 aliphatic rings. The Morgan fingerprint density at radius 1 is 1.00 bits per heavy atom. The van der Waals surface area contributed by atoms with Gasteiger partial charge in [0, 0.05) is 6.04 Å². The van der Waals surface area contributed by atoms with Crippen LogP contribution in [-0.4, -0.2) is 29.2 Å². The highest BCUT2D eigenvalue weighted by Gasteiger charge is 2.37. The third-order valence-electron chi connectivity index (χ3n) is 5.55. The number of rotatable bonds is 7. The first kappa shape index (κ1) is 22.0. The van der Waals surface area contributed by atoms with Crippen molar-refractivity contribution in [3.05, 3.63) is 76.7 Å². The van der Waals surface area contributed by atoms with Gasteiger partial charge in [0.15, 0.2) is 11.5 Å². The molecular weight excluding hydrogens is 422 g/mol. The lowest BCUT2D eigenvalue weighted by molar-refractivity contribution is -0.124. The molecular formula is C26H25NO4S. The first-order chi connectivity index (χ1) is 15.5. The van der Waals surface area contributed by atoms with Crippen LogP contribution < -0.4 is 9.47 Å². The number of thioether (sulfide) groups is 1. The van der Waals surface area contributed by atoms with E-state index in [0.717, 1.165) is 29.3 Å². The van der Waals surface area contributed by atoms with Crippen molar-refractivity contribution in [1.29, 1.82) is 0 Å². The lowest BCUT2D eigenvalue weighted by atomic mass is 10.1. The van der Waals surface area contributed by atoms with Gasteiger partial charge in [0.05, 0.1) is 12.0 Å². The summed E-state index contributed by atoms with van der Waals surface area (Å²) in [6.45, 7) is 4.25. The van der Waals surface area contributed by atoms with Crippen LogP contribution >= 0.6 is 11.8 Å². The second-order valence-corrected chi connectivity index (χ2v) is 8.68. The Kier molecular flexibility index (Phi) is 6.51. The average molecular weight is 448 g/mol. The lowest BCUT2D eigenvalue weighted by Crippen LogP contribution is -2.36. The molecule has 0 saturated carbocycles. The molecule has 3 aromatic rings. The van der Waals surface area contributed by atoms with Crippen molar-refractivity contribution in [1.82, 2.24) is 4.90 Å².